The van der Waals surface area contributed by atoms with Gasteiger partial charge < -0.3 is 4.74 Å². The van der Waals surface area contributed by atoms with E-state index in [1.165, 1.54) is 19.3 Å². The summed E-state index contributed by atoms with van der Waals surface area (Å²) in [4.78, 5) is 13.4. The number of hydrogen-bond acceptors (Lipinski definition) is 3. The molecule has 0 radical (unpaired) electrons. The highest BCUT2D eigenvalue weighted by atomic mass is 16.5. The van der Waals surface area contributed by atoms with Gasteiger partial charge in [-0.15, -0.1) is 0 Å². The Morgan fingerprint density at radius 2 is 2.14 bits per heavy atom. The molecule has 0 aromatic heterocycles. The van der Waals surface area contributed by atoms with Gasteiger partial charge in [-0.2, -0.15) is 0 Å². The summed E-state index contributed by atoms with van der Waals surface area (Å²) in [5.74, 6) is 0.702. The van der Waals surface area contributed by atoms with Crippen LogP contribution in [0.3, 0.4) is 0 Å². The summed E-state index contributed by atoms with van der Waals surface area (Å²) in [6, 6.07) is 0. The van der Waals surface area contributed by atoms with Gasteiger partial charge in [-0.1, -0.05) is 6.42 Å². The summed E-state index contributed by atoms with van der Waals surface area (Å²) in [5.41, 5.74) is 0. The molecule has 0 aromatic rings. The van der Waals surface area contributed by atoms with Crippen LogP contribution in [-0.4, -0.2) is 37.1 Å². The first-order valence-electron chi connectivity index (χ1n) is 5.46. The van der Waals surface area contributed by atoms with Crippen LogP contribution >= 0.6 is 0 Å². The van der Waals surface area contributed by atoms with Crippen molar-refractivity contribution in [2.24, 2.45) is 5.92 Å². The lowest BCUT2D eigenvalue weighted by Gasteiger charge is -2.29. The van der Waals surface area contributed by atoms with Crippen molar-refractivity contribution < 1.29 is 9.53 Å². The molecule has 0 spiro atoms. The topological polar surface area (TPSA) is 29.5 Å². The maximum atomic E-state index is 11.3. The van der Waals surface area contributed by atoms with Gasteiger partial charge in [-0.05, 0) is 39.7 Å². The molecule has 0 bridgehead atoms. The van der Waals surface area contributed by atoms with Crippen molar-refractivity contribution in [3.63, 3.8) is 0 Å². The second-order valence-electron chi connectivity index (χ2n) is 4.53. The molecule has 0 N–H and O–H groups in total. The summed E-state index contributed by atoms with van der Waals surface area (Å²) < 4.78 is 5.07. The molecule has 1 aliphatic carbocycles. The van der Waals surface area contributed by atoms with Gasteiger partial charge in [0.25, 0.3) is 0 Å². The van der Waals surface area contributed by atoms with E-state index < -0.39 is 0 Å². The summed E-state index contributed by atoms with van der Waals surface area (Å²) in [5, 5.41) is 0. The Balaban J connectivity index is 2.11. The van der Waals surface area contributed by atoms with Gasteiger partial charge in [-0.3, -0.25) is 9.69 Å². The summed E-state index contributed by atoms with van der Waals surface area (Å²) >= 11 is 0. The number of hydrogen-bond donors (Lipinski definition) is 0. The fourth-order valence-corrected chi connectivity index (χ4v) is 1.70. The molecule has 82 valence electrons. The van der Waals surface area contributed by atoms with Crippen molar-refractivity contribution in [2.75, 3.05) is 20.1 Å². The standard InChI is InChI=1S/C11H21NO2/c1-9(2)14-11(13)8-12(3)7-10-5-4-6-10/h9-10H,4-8H2,1-3H3. The maximum absolute atomic E-state index is 11.3. The van der Waals surface area contributed by atoms with E-state index in [9.17, 15) is 4.79 Å². The fourth-order valence-electron chi connectivity index (χ4n) is 1.70. The molecule has 3 nitrogen and oxygen atoms in total. The van der Waals surface area contributed by atoms with Crippen molar-refractivity contribution in [2.45, 2.75) is 39.2 Å². The van der Waals surface area contributed by atoms with Crippen molar-refractivity contribution in [1.82, 2.24) is 4.90 Å². The molecule has 1 fully saturated rings. The third-order valence-corrected chi connectivity index (χ3v) is 2.56. The van der Waals surface area contributed by atoms with Gasteiger partial charge in [0.2, 0.25) is 0 Å². The number of nitrogens with zero attached hydrogens (tertiary/aromatic N) is 1. The van der Waals surface area contributed by atoms with E-state index in [2.05, 4.69) is 4.90 Å². The van der Waals surface area contributed by atoms with Crippen molar-refractivity contribution in [3.8, 4) is 0 Å². The molecule has 0 unspecified atom stereocenters. The first-order chi connectivity index (χ1) is 6.58. The second kappa shape index (κ2) is 5.35. The van der Waals surface area contributed by atoms with Crippen molar-refractivity contribution in [1.29, 1.82) is 0 Å². The highest BCUT2D eigenvalue weighted by Gasteiger charge is 2.20. The third kappa shape index (κ3) is 4.09. The number of likely N-dealkylation sites (N-methyl/N-ethyl adjacent to an activating group) is 1. The number of carbonyl (C=O) groups is 1. The minimum atomic E-state index is -0.109. The zero-order chi connectivity index (χ0) is 10.6. The summed E-state index contributed by atoms with van der Waals surface area (Å²) in [7, 11) is 1.99. The monoisotopic (exact) mass is 199 g/mol. The first kappa shape index (κ1) is 11.5. The zero-order valence-electron chi connectivity index (χ0n) is 9.45. The second-order valence-corrected chi connectivity index (χ2v) is 4.53. The van der Waals surface area contributed by atoms with Crippen LogP contribution in [0.5, 0.6) is 0 Å². The van der Waals surface area contributed by atoms with E-state index in [1.807, 2.05) is 20.9 Å². The Bertz CT molecular complexity index is 188. The van der Waals surface area contributed by atoms with E-state index in [4.69, 9.17) is 4.74 Å². The lowest BCUT2D eigenvalue weighted by Crippen LogP contribution is -2.34. The van der Waals surface area contributed by atoms with Gasteiger partial charge in [0.15, 0.2) is 0 Å². The zero-order valence-corrected chi connectivity index (χ0v) is 9.45. The largest absolute Gasteiger partial charge is 0.462 e. The Morgan fingerprint density at radius 3 is 2.57 bits per heavy atom. The Kier molecular flexibility index (Phi) is 4.39. The lowest BCUT2D eigenvalue weighted by molar-refractivity contribution is -0.148. The Morgan fingerprint density at radius 1 is 1.50 bits per heavy atom. The third-order valence-electron chi connectivity index (χ3n) is 2.56. The van der Waals surface area contributed by atoms with Crippen LogP contribution in [0.25, 0.3) is 0 Å². The predicted molar refractivity (Wildman–Crippen MR) is 56.1 cm³/mol. The Labute approximate surface area is 86.4 Å². The van der Waals surface area contributed by atoms with Crippen LogP contribution in [0.2, 0.25) is 0 Å². The molecular formula is C11H21NO2. The molecule has 14 heavy (non-hydrogen) atoms. The quantitative estimate of drug-likeness (QED) is 0.631. The van der Waals surface area contributed by atoms with E-state index in [0.717, 1.165) is 12.5 Å². The number of esters is 1. The van der Waals surface area contributed by atoms with Crippen LogP contribution < -0.4 is 0 Å². The number of ether oxygens (including phenoxy) is 1. The molecule has 0 atom stereocenters. The van der Waals surface area contributed by atoms with E-state index in [0.29, 0.717) is 6.54 Å². The number of rotatable bonds is 5. The summed E-state index contributed by atoms with van der Waals surface area (Å²) in [6.45, 7) is 5.22. The van der Waals surface area contributed by atoms with Crippen molar-refractivity contribution in [3.05, 3.63) is 0 Å². The molecule has 0 aliphatic heterocycles. The molecule has 1 saturated carbocycles. The highest BCUT2D eigenvalue weighted by molar-refractivity contribution is 5.71. The van der Waals surface area contributed by atoms with Crippen LogP contribution in [0.1, 0.15) is 33.1 Å². The van der Waals surface area contributed by atoms with Crippen molar-refractivity contribution >= 4 is 5.97 Å². The predicted octanol–water partition coefficient (Wildman–Crippen LogP) is 1.67. The SMILES string of the molecule is CC(C)OC(=O)CN(C)CC1CCC1. The smallest absolute Gasteiger partial charge is 0.320 e. The minimum absolute atomic E-state index is 0.000368. The van der Waals surface area contributed by atoms with E-state index >= 15 is 0 Å². The number of carbonyl (C=O) groups excluding carboxylic acids is 1. The van der Waals surface area contributed by atoms with E-state index in [-0.39, 0.29) is 12.1 Å². The molecule has 0 amide bonds. The highest BCUT2D eigenvalue weighted by Crippen LogP contribution is 2.26. The van der Waals surface area contributed by atoms with Crippen LogP contribution in [-0.2, 0) is 9.53 Å². The molecular weight excluding hydrogens is 178 g/mol. The van der Waals surface area contributed by atoms with Crippen LogP contribution in [0, 0.1) is 5.92 Å². The normalized spacial score (nSPS) is 17.2. The molecule has 3 heteroatoms. The van der Waals surface area contributed by atoms with Gasteiger partial charge in [-0.25, -0.2) is 0 Å². The van der Waals surface area contributed by atoms with Gasteiger partial charge in [0, 0.05) is 6.54 Å². The average molecular weight is 199 g/mol. The summed E-state index contributed by atoms with van der Waals surface area (Å²) in [6.07, 6.45) is 4.00. The first-order valence-corrected chi connectivity index (χ1v) is 5.46. The molecule has 0 heterocycles. The van der Waals surface area contributed by atoms with Crippen LogP contribution in [0.4, 0.5) is 0 Å². The Hall–Kier alpha value is -0.570. The van der Waals surface area contributed by atoms with Gasteiger partial charge in [0.05, 0.1) is 12.6 Å². The maximum Gasteiger partial charge on any atom is 0.320 e. The fraction of sp³-hybridized carbons (Fsp3) is 0.909. The van der Waals surface area contributed by atoms with Gasteiger partial charge in [0.1, 0.15) is 0 Å². The molecule has 0 saturated heterocycles. The van der Waals surface area contributed by atoms with Crippen LogP contribution in [0.15, 0.2) is 0 Å². The minimum Gasteiger partial charge on any atom is -0.462 e. The molecule has 0 aromatic carbocycles. The molecule has 1 aliphatic rings. The van der Waals surface area contributed by atoms with Gasteiger partial charge >= 0.3 is 5.97 Å². The molecule has 1 rings (SSSR count). The van der Waals surface area contributed by atoms with E-state index in [1.54, 1.807) is 0 Å². The average Bonchev–Trinajstić information content (AvgIpc) is 1.94. The lowest BCUT2D eigenvalue weighted by atomic mass is 9.85.